The van der Waals surface area contributed by atoms with E-state index in [1.165, 1.54) is 0 Å². The number of carboxylic acid groups (broad SMARTS) is 1. The molecule has 3 rings (SSSR count). The fourth-order valence-corrected chi connectivity index (χ4v) is 3.32. The molecule has 1 aromatic heterocycles. The SMILES string of the molecule is O=C([O-])CCCNC(=O)c1cccc(C=Cc2nc3ccccc3s2)c1.[Na+]. The normalized spacial score (nSPS) is 10.7. The van der Waals surface area contributed by atoms with Crippen LogP contribution in [-0.2, 0) is 4.79 Å². The van der Waals surface area contributed by atoms with Crippen LogP contribution in [0.1, 0.15) is 33.8 Å². The van der Waals surface area contributed by atoms with Crippen molar-refractivity contribution in [3.8, 4) is 0 Å². The monoisotopic (exact) mass is 388 g/mol. The maximum Gasteiger partial charge on any atom is 1.00 e. The van der Waals surface area contributed by atoms with Crippen molar-refractivity contribution in [2.75, 3.05) is 6.54 Å². The van der Waals surface area contributed by atoms with E-state index in [2.05, 4.69) is 10.3 Å². The van der Waals surface area contributed by atoms with E-state index in [0.717, 1.165) is 20.8 Å². The number of nitrogens with one attached hydrogen (secondary N) is 1. The molecule has 0 fully saturated rings. The standard InChI is InChI=1S/C20H18N2O3S.Na/c23-19(24)9-4-12-21-20(25)15-6-3-5-14(13-15)10-11-18-22-16-7-1-2-8-17(16)26-18;/h1-3,5-8,10-11,13H,4,9,12H2,(H,21,25)(H,23,24);/q;+1/p-1. The zero-order chi connectivity index (χ0) is 18.4. The van der Waals surface area contributed by atoms with Crippen molar-refractivity contribution in [3.05, 3.63) is 64.7 Å². The van der Waals surface area contributed by atoms with Gasteiger partial charge in [-0.15, -0.1) is 11.3 Å². The number of carbonyl (C=O) groups is 2. The molecule has 5 nitrogen and oxygen atoms in total. The minimum Gasteiger partial charge on any atom is -0.550 e. The van der Waals surface area contributed by atoms with Gasteiger partial charge in [-0.2, -0.15) is 0 Å². The molecule has 1 heterocycles. The van der Waals surface area contributed by atoms with Crippen molar-refractivity contribution in [2.45, 2.75) is 12.8 Å². The Balaban J connectivity index is 0.00000261. The van der Waals surface area contributed by atoms with E-state index < -0.39 is 5.97 Å². The molecule has 0 bridgehead atoms. The largest absolute Gasteiger partial charge is 1.00 e. The van der Waals surface area contributed by atoms with Crippen molar-refractivity contribution in [1.29, 1.82) is 0 Å². The first-order chi connectivity index (χ1) is 12.6. The predicted molar refractivity (Wildman–Crippen MR) is 102 cm³/mol. The van der Waals surface area contributed by atoms with Gasteiger partial charge in [-0.25, -0.2) is 4.98 Å². The van der Waals surface area contributed by atoms with E-state index in [4.69, 9.17) is 0 Å². The zero-order valence-electron chi connectivity index (χ0n) is 15.0. The van der Waals surface area contributed by atoms with Crippen molar-refractivity contribution >= 4 is 45.6 Å². The summed E-state index contributed by atoms with van der Waals surface area (Å²) in [4.78, 5) is 27.0. The number of aliphatic carboxylic acids is 1. The number of hydrogen-bond acceptors (Lipinski definition) is 5. The summed E-state index contributed by atoms with van der Waals surface area (Å²) in [6.45, 7) is 0.304. The summed E-state index contributed by atoms with van der Waals surface area (Å²) in [7, 11) is 0. The van der Waals surface area contributed by atoms with Crippen LogP contribution in [0.4, 0.5) is 0 Å². The fourth-order valence-electron chi connectivity index (χ4n) is 2.45. The fraction of sp³-hybridized carbons (Fsp3) is 0.150. The average molecular weight is 388 g/mol. The number of carboxylic acids is 1. The second-order valence-corrected chi connectivity index (χ2v) is 6.77. The summed E-state index contributed by atoms with van der Waals surface area (Å²) in [6, 6.07) is 15.2. The van der Waals surface area contributed by atoms with Crippen LogP contribution in [0.5, 0.6) is 0 Å². The summed E-state index contributed by atoms with van der Waals surface area (Å²) in [5.74, 6) is -1.33. The number of aromatic nitrogens is 1. The number of nitrogens with zero attached hydrogens (tertiary/aromatic N) is 1. The van der Waals surface area contributed by atoms with Gasteiger partial charge in [0.25, 0.3) is 5.91 Å². The molecule has 0 unspecified atom stereocenters. The molecular formula is C20H17N2NaO3S. The first kappa shape index (κ1) is 21.3. The van der Waals surface area contributed by atoms with E-state index in [1.54, 1.807) is 23.5 Å². The molecule has 0 aliphatic heterocycles. The van der Waals surface area contributed by atoms with E-state index in [-0.39, 0.29) is 41.9 Å². The van der Waals surface area contributed by atoms with Crippen molar-refractivity contribution in [3.63, 3.8) is 0 Å². The van der Waals surface area contributed by atoms with Crippen LogP contribution in [0.25, 0.3) is 22.4 Å². The Bertz CT molecular complexity index is 936. The van der Waals surface area contributed by atoms with Gasteiger partial charge in [0.1, 0.15) is 5.01 Å². The van der Waals surface area contributed by atoms with E-state index in [1.807, 2.05) is 48.6 Å². The number of thiazole rings is 1. The van der Waals surface area contributed by atoms with Crippen LogP contribution in [0.3, 0.4) is 0 Å². The Kier molecular flexibility index (Phi) is 8.19. The quantitative estimate of drug-likeness (QED) is 0.446. The number of benzene rings is 2. The van der Waals surface area contributed by atoms with Gasteiger partial charge in [-0.3, -0.25) is 4.79 Å². The van der Waals surface area contributed by atoms with Crippen LogP contribution < -0.4 is 40.0 Å². The van der Waals surface area contributed by atoms with Gasteiger partial charge in [0.05, 0.1) is 10.2 Å². The number of para-hydroxylation sites is 1. The molecule has 0 radical (unpaired) electrons. The Hall–Kier alpha value is -1.99. The minimum atomic E-state index is -1.11. The van der Waals surface area contributed by atoms with Crippen molar-refractivity contribution in [2.24, 2.45) is 0 Å². The molecule has 1 N–H and O–H groups in total. The molecule has 0 atom stereocenters. The molecule has 132 valence electrons. The van der Waals surface area contributed by atoms with Crippen LogP contribution in [0.2, 0.25) is 0 Å². The molecule has 7 heteroatoms. The first-order valence-electron chi connectivity index (χ1n) is 8.23. The summed E-state index contributed by atoms with van der Waals surface area (Å²) >= 11 is 1.61. The van der Waals surface area contributed by atoms with Gasteiger partial charge in [0.15, 0.2) is 0 Å². The molecule has 3 aromatic rings. The maximum atomic E-state index is 12.1. The Morgan fingerprint density at radius 1 is 1.11 bits per heavy atom. The average Bonchev–Trinajstić information content (AvgIpc) is 3.06. The zero-order valence-corrected chi connectivity index (χ0v) is 17.8. The number of amides is 1. The second kappa shape index (κ2) is 10.4. The Morgan fingerprint density at radius 2 is 1.93 bits per heavy atom. The van der Waals surface area contributed by atoms with Gasteiger partial charge in [0.2, 0.25) is 0 Å². The topological polar surface area (TPSA) is 82.1 Å². The second-order valence-electron chi connectivity index (χ2n) is 5.71. The molecule has 0 spiro atoms. The van der Waals surface area contributed by atoms with E-state index >= 15 is 0 Å². The smallest absolute Gasteiger partial charge is 0.550 e. The van der Waals surface area contributed by atoms with Gasteiger partial charge >= 0.3 is 29.6 Å². The third-order valence-electron chi connectivity index (χ3n) is 3.72. The first-order valence-corrected chi connectivity index (χ1v) is 9.05. The van der Waals surface area contributed by atoms with E-state index in [9.17, 15) is 14.7 Å². The van der Waals surface area contributed by atoms with Gasteiger partial charge in [0, 0.05) is 18.1 Å². The molecule has 0 saturated heterocycles. The molecule has 1 amide bonds. The third kappa shape index (κ3) is 6.29. The minimum absolute atomic E-state index is 0. The van der Waals surface area contributed by atoms with Crippen molar-refractivity contribution < 1.29 is 44.3 Å². The number of carbonyl (C=O) groups excluding carboxylic acids is 2. The number of rotatable bonds is 7. The molecule has 0 saturated carbocycles. The van der Waals surface area contributed by atoms with Gasteiger partial charge in [-0.1, -0.05) is 30.3 Å². The number of fused-ring (bicyclic) bond motifs is 1. The molecule has 2 aromatic carbocycles. The molecule has 27 heavy (non-hydrogen) atoms. The maximum absolute atomic E-state index is 12.1. The van der Waals surface area contributed by atoms with Crippen LogP contribution >= 0.6 is 11.3 Å². The van der Waals surface area contributed by atoms with Crippen LogP contribution in [0.15, 0.2) is 48.5 Å². The van der Waals surface area contributed by atoms with Crippen molar-refractivity contribution in [1.82, 2.24) is 10.3 Å². The van der Waals surface area contributed by atoms with E-state index in [0.29, 0.717) is 18.5 Å². The van der Waals surface area contributed by atoms with Crippen LogP contribution in [0, 0.1) is 0 Å². The summed E-state index contributed by atoms with van der Waals surface area (Å²) in [5.41, 5.74) is 2.40. The summed E-state index contributed by atoms with van der Waals surface area (Å²) < 4.78 is 1.14. The molecular weight excluding hydrogens is 371 g/mol. The van der Waals surface area contributed by atoms with Gasteiger partial charge < -0.3 is 15.2 Å². The molecule has 0 aliphatic carbocycles. The summed E-state index contributed by atoms with van der Waals surface area (Å²) in [5, 5.41) is 14.0. The third-order valence-corrected chi connectivity index (χ3v) is 4.72. The van der Waals surface area contributed by atoms with Crippen LogP contribution in [-0.4, -0.2) is 23.4 Å². The number of hydrogen-bond donors (Lipinski definition) is 1. The Morgan fingerprint density at radius 3 is 2.70 bits per heavy atom. The van der Waals surface area contributed by atoms with Gasteiger partial charge in [-0.05, 0) is 48.7 Å². The molecule has 0 aliphatic rings. The Labute approximate surface area is 183 Å². The predicted octanol–water partition coefficient (Wildman–Crippen LogP) is -0.269. The summed E-state index contributed by atoms with van der Waals surface area (Å²) in [6.07, 6.45) is 4.14.